The van der Waals surface area contributed by atoms with Crippen molar-refractivity contribution in [2.75, 3.05) is 18.5 Å². The van der Waals surface area contributed by atoms with Gasteiger partial charge in [0, 0.05) is 17.7 Å². The van der Waals surface area contributed by atoms with Crippen LogP contribution >= 0.6 is 11.6 Å². The summed E-state index contributed by atoms with van der Waals surface area (Å²) in [5.41, 5.74) is 2.99. The Morgan fingerprint density at radius 1 is 1.00 bits per heavy atom. The fourth-order valence-corrected chi connectivity index (χ4v) is 4.88. The van der Waals surface area contributed by atoms with Gasteiger partial charge in [-0.15, -0.1) is 0 Å². The smallest absolute Gasteiger partial charge is 0.288 e. The molecular formula is C26H23ClN2O4. The van der Waals surface area contributed by atoms with Crippen molar-refractivity contribution in [1.82, 2.24) is 0 Å². The van der Waals surface area contributed by atoms with Crippen molar-refractivity contribution in [3.8, 4) is 11.5 Å². The van der Waals surface area contributed by atoms with E-state index in [9.17, 15) is 10.1 Å². The standard InChI is InChI=1S/C26H23ClN2O4/c27-23-11-9-17(15-25(23)29(30)31)26-21-8-4-7-20(21)22-16-19(10-12-24(22)28-26)33-14-13-32-18-5-2-1-3-6-18/h1-7,9-12,15-16,20-21,26,28H,8,13-14H2. The van der Waals surface area contributed by atoms with Crippen LogP contribution in [-0.4, -0.2) is 18.1 Å². The SMILES string of the molecule is O=[N+]([O-])c1cc(C2Nc3ccc(OCCOc4ccccc4)cc3C3C=CCC32)ccc1Cl. The highest BCUT2D eigenvalue weighted by molar-refractivity contribution is 6.32. The summed E-state index contributed by atoms with van der Waals surface area (Å²) in [5.74, 6) is 2.09. The average molecular weight is 463 g/mol. The summed E-state index contributed by atoms with van der Waals surface area (Å²) in [6, 6.07) is 20.7. The van der Waals surface area contributed by atoms with Crippen molar-refractivity contribution in [3.63, 3.8) is 0 Å². The Morgan fingerprint density at radius 3 is 2.58 bits per heavy atom. The Labute approximate surface area is 196 Å². The summed E-state index contributed by atoms with van der Waals surface area (Å²) in [5, 5.41) is 15.1. The van der Waals surface area contributed by atoms with Crippen molar-refractivity contribution in [3.05, 3.63) is 105 Å². The first-order valence-electron chi connectivity index (χ1n) is 10.9. The van der Waals surface area contributed by atoms with E-state index < -0.39 is 4.92 Å². The molecule has 3 unspecified atom stereocenters. The molecular weight excluding hydrogens is 440 g/mol. The van der Waals surface area contributed by atoms with E-state index in [1.54, 1.807) is 12.1 Å². The lowest BCUT2D eigenvalue weighted by Crippen LogP contribution is -2.29. The zero-order valence-electron chi connectivity index (χ0n) is 17.8. The molecule has 0 aromatic heterocycles. The number of ether oxygens (including phenoxy) is 2. The monoisotopic (exact) mass is 462 g/mol. The predicted molar refractivity (Wildman–Crippen MR) is 128 cm³/mol. The molecule has 3 aromatic carbocycles. The van der Waals surface area contributed by atoms with Crippen LogP contribution in [0.4, 0.5) is 11.4 Å². The number of fused-ring (bicyclic) bond motifs is 3. The van der Waals surface area contributed by atoms with E-state index in [2.05, 4.69) is 23.5 Å². The number of para-hydroxylation sites is 1. The Bertz CT molecular complexity index is 1200. The molecule has 1 aliphatic carbocycles. The number of halogens is 1. The third-order valence-corrected chi connectivity index (χ3v) is 6.54. The topological polar surface area (TPSA) is 73.6 Å². The van der Waals surface area contributed by atoms with Crippen molar-refractivity contribution in [2.45, 2.75) is 18.4 Å². The van der Waals surface area contributed by atoms with E-state index in [0.717, 1.165) is 29.2 Å². The normalized spacial score (nSPS) is 20.5. The summed E-state index contributed by atoms with van der Waals surface area (Å²) >= 11 is 6.03. The molecule has 0 saturated carbocycles. The van der Waals surface area contributed by atoms with Crippen LogP contribution in [0.5, 0.6) is 11.5 Å². The molecule has 0 bridgehead atoms. The second kappa shape index (κ2) is 9.16. The molecule has 0 saturated heterocycles. The number of nitrogens with one attached hydrogen (secondary N) is 1. The van der Waals surface area contributed by atoms with Crippen molar-refractivity contribution < 1.29 is 14.4 Å². The molecule has 3 atom stereocenters. The van der Waals surface area contributed by atoms with Gasteiger partial charge >= 0.3 is 0 Å². The first-order chi connectivity index (χ1) is 16.1. The third kappa shape index (κ3) is 4.39. The van der Waals surface area contributed by atoms with Gasteiger partial charge < -0.3 is 14.8 Å². The second-order valence-electron chi connectivity index (χ2n) is 8.20. The lowest BCUT2D eigenvalue weighted by atomic mass is 9.77. The third-order valence-electron chi connectivity index (χ3n) is 6.22. The Hall–Kier alpha value is -3.51. The first kappa shape index (κ1) is 21.3. The van der Waals surface area contributed by atoms with Gasteiger partial charge in [-0.2, -0.15) is 0 Å². The van der Waals surface area contributed by atoms with Gasteiger partial charge in [-0.1, -0.05) is 48.0 Å². The highest BCUT2D eigenvalue weighted by atomic mass is 35.5. The lowest BCUT2D eigenvalue weighted by Gasteiger charge is -2.37. The van der Waals surface area contributed by atoms with Crippen LogP contribution in [0, 0.1) is 16.0 Å². The van der Waals surface area contributed by atoms with E-state index in [1.807, 2.05) is 48.5 Å². The number of hydrogen-bond acceptors (Lipinski definition) is 5. The zero-order chi connectivity index (χ0) is 22.8. The molecule has 33 heavy (non-hydrogen) atoms. The van der Waals surface area contributed by atoms with Gasteiger partial charge in [0.05, 0.1) is 11.0 Å². The largest absolute Gasteiger partial charge is 0.490 e. The Morgan fingerprint density at radius 2 is 1.79 bits per heavy atom. The van der Waals surface area contributed by atoms with Gasteiger partial charge in [-0.3, -0.25) is 10.1 Å². The zero-order valence-corrected chi connectivity index (χ0v) is 18.6. The van der Waals surface area contributed by atoms with Gasteiger partial charge in [0.1, 0.15) is 29.7 Å². The minimum atomic E-state index is -0.432. The van der Waals surface area contributed by atoms with E-state index >= 15 is 0 Å². The fourth-order valence-electron chi connectivity index (χ4n) is 4.69. The molecule has 1 N–H and O–H groups in total. The summed E-state index contributed by atoms with van der Waals surface area (Å²) in [6.45, 7) is 0.908. The maximum absolute atomic E-state index is 11.4. The fraction of sp³-hybridized carbons (Fsp3) is 0.231. The van der Waals surface area contributed by atoms with Crippen molar-refractivity contribution in [1.29, 1.82) is 0 Å². The maximum atomic E-state index is 11.4. The van der Waals surface area contributed by atoms with E-state index in [-0.39, 0.29) is 28.6 Å². The van der Waals surface area contributed by atoms with Gasteiger partial charge in [0.15, 0.2) is 0 Å². The van der Waals surface area contributed by atoms with E-state index in [0.29, 0.717) is 13.2 Å². The molecule has 0 fully saturated rings. The quantitative estimate of drug-likeness (QED) is 0.187. The van der Waals surface area contributed by atoms with E-state index in [4.69, 9.17) is 21.1 Å². The van der Waals surface area contributed by atoms with Crippen LogP contribution in [-0.2, 0) is 0 Å². The summed E-state index contributed by atoms with van der Waals surface area (Å²) in [6.07, 6.45) is 5.31. The molecule has 1 heterocycles. The van der Waals surface area contributed by atoms with Gasteiger partial charge in [-0.05, 0) is 59.9 Å². The lowest BCUT2D eigenvalue weighted by molar-refractivity contribution is -0.384. The molecule has 0 amide bonds. The highest BCUT2D eigenvalue weighted by Gasteiger charge is 2.38. The second-order valence-corrected chi connectivity index (χ2v) is 8.61. The Balaban J connectivity index is 1.32. The van der Waals surface area contributed by atoms with Crippen LogP contribution < -0.4 is 14.8 Å². The number of anilines is 1. The molecule has 3 aromatic rings. The molecule has 1 aliphatic heterocycles. The molecule has 2 aliphatic rings. The number of nitro benzene ring substituents is 1. The molecule has 0 spiro atoms. The van der Waals surface area contributed by atoms with Gasteiger partial charge in [0.25, 0.3) is 5.69 Å². The van der Waals surface area contributed by atoms with E-state index in [1.165, 1.54) is 5.56 Å². The van der Waals surface area contributed by atoms with Crippen LogP contribution in [0.15, 0.2) is 78.9 Å². The number of allylic oxidation sites excluding steroid dienone is 2. The van der Waals surface area contributed by atoms with Crippen LogP contribution in [0.25, 0.3) is 0 Å². The van der Waals surface area contributed by atoms with Crippen LogP contribution in [0.2, 0.25) is 5.02 Å². The number of nitro groups is 1. The molecule has 7 heteroatoms. The van der Waals surface area contributed by atoms with Gasteiger partial charge in [0.2, 0.25) is 0 Å². The predicted octanol–water partition coefficient (Wildman–Crippen LogP) is 6.53. The summed E-state index contributed by atoms with van der Waals surface area (Å²) in [7, 11) is 0. The number of hydrogen-bond donors (Lipinski definition) is 1. The van der Waals surface area contributed by atoms with Gasteiger partial charge in [-0.25, -0.2) is 0 Å². The maximum Gasteiger partial charge on any atom is 0.288 e. The van der Waals surface area contributed by atoms with Crippen molar-refractivity contribution in [2.24, 2.45) is 5.92 Å². The molecule has 5 rings (SSSR count). The molecule has 168 valence electrons. The van der Waals surface area contributed by atoms with Crippen LogP contribution in [0.3, 0.4) is 0 Å². The number of rotatable bonds is 7. The molecule has 0 radical (unpaired) electrons. The van der Waals surface area contributed by atoms with Crippen LogP contribution in [0.1, 0.15) is 29.5 Å². The number of nitrogens with zero attached hydrogens (tertiary/aromatic N) is 1. The highest BCUT2D eigenvalue weighted by Crippen LogP contribution is 2.51. The summed E-state index contributed by atoms with van der Waals surface area (Å²) in [4.78, 5) is 10.9. The van der Waals surface area contributed by atoms with Crippen molar-refractivity contribution >= 4 is 23.0 Å². The first-order valence-corrected chi connectivity index (χ1v) is 11.3. The minimum absolute atomic E-state index is 0.0421. The average Bonchev–Trinajstić information content (AvgIpc) is 3.33. The minimum Gasteiger partial charge on any atom is -0.490 e. The number of benzene rings is 3. The Kier molecular flexibility index (Phi) is 5.92. The summed E-state index contributed by atoms with van der Waals surface area (Å²) < 4.78 is 11.6. The molecule has 6 nitrogen and oxygen atoms in total.